The highest BCUT2D eigenvalue weighted by Gasteiger charge is 2.10. The Morgan fingerprint density at radius 3 is 2.39 bits per heavy atom. The Bertz CT molecular complexity index is 413. The summed E-state index contributed by atoms with van der Waals surface area (Å²) in [6.45, 7) is 4.40. The largest absolute Gasteiger partial charge is 0.192 e. The lowest BCUT2D eigenvalue weighted by atomic mass is 9.91. The SMILES string of the molecule is CCCCC1=C(CCCC)/C(C#N)=C\C=C/C=C\1. The maximum Gasteiger partial charge on any atom is 0.0994 e. The molecule has 96 valence electrons. The molecule has 0 radical (unpaired) electrons. The van der Waals surface area contributed by atoms with Crippen molar-refractivity contribution in [2.75, 3.05) is 0 Å². The number of unbranched alkanes of at least 4 members (excludes halogenated alkanes) is 2. The molecule has 1 aliphatic rings. The minimum Gasteiger partial charge on any atom is -0.192 e. The normalized spacial score (nSPS) is 25.5. The summed E-state index contributed by atoms with van der Waals surface area (Å²) in [5.74, 6) is 0. The molecule has 0 saturated carbocycles. The zero-order valence-corrected chi connectivity index (χ0v) is 11.6. The van der Waals surface area contributed by atoms with Gasteiger partial charge < -0.3 is 0 Å². The third kappa shape index (κ3) is 4.37. The van der Waals surface area contributed by atoms with Crippen LogP contribution in [-0.4, -0.2) is 0 Å². The molecule has 0 aromatic heterocycles. The highest BCUT2D eigenvalue weighted by molar-refractivity contribution is 5.50. The van der Waals surface area contributed by atoms with Gasteiger partial charge in [-0.1, -0.05) is 51.0 Å². The molecule has 0 bridgehead atoms. The van der Waals surface area contributed by atoms with Crippen LogP contribution in [0.5, 0.6) is 0 Å². The van der Waals surface area contributed by atoms with Gasteiger partial charge in [0.2, 0.25) is 0 Å². The number of allylic oxidation sites excluding steroid dienone is 8. The Morgan fingerprint density at radius 1 is 1.00 bits per heavy atom. The first-order valence-electron chi connectivity index (χ1n) is 7.01. The van der Waals surface area contributed by atoms with Gasteiger partial charge in [-0.25, -0.2) is 0 Å². The predicted molar refractivity (Wildman–Crippen MR) is 78.1 cm³/mol. The first kappa shape index (κ1) is 14.5. The number of hydrogen-bond acceptors (Lipinski definition) is 1. The fourth-order valence-corrected chi connectivity index (χ4v) is 2.12. The highest BCUT2D eigenvalue weighted by atomic mass is 14.3. The molecule has 0 heterocycles. The summed E-state index contributed by atoms with van der Waals surface area (Å²) in [6, 6.07) is 2.36. The Hall–Kier alpha value is -1.55. The van der Waals surface area contributed by atoms with Gasteiger partial charge in [0.15, 0.2) is 0 Å². The molecule has 0 unspecified atom stereocenters. The Morgan fingerprint density at radius 2 is 1.72 bits per heavy atom. The van der Waals surface area contributed by atoms with Crippen LogP contribution in [-0.2, 0) is 0 Å². The molecule has 0 aromatic carbocycles. The third-order valence-corrected chi connectivity index (χ3v) is 3.20. The van der Waals surface area contributed by atoms with E-state index in [4.69, 9.17) is 0 Å². The third-order valence-electron chi connectivity index (χ3n) is 3.20. The smallest absolute Gasteiger partial charge is 0.0994 e. The summed E-state index contributed by atoms with van der Waals surface area (Å²) >= 11 is 0. The summed E-state index contributed by atoms with van der Waals surface area (Å²) in [6.07, 6.45) is 17.0. The lowest BCUT2D eigenvalue weighted by Gasteiger charge is -2.13. The fourth-order valence-electron chi connectivity index (χ4n) is 2.12. The summed E-state index contributed by atoms with van der Waals surface area (Å²) in [5, 5.41) is 9.31. The van der Waals surface area contributed by atoms with Gasteiger partial charge in [-0.2, -0.15) is 5.26 Å². The van der Waals surface area contributed by atoms with Gasteiger partial charge in [-0.05, 0) is 42.9 Å². The van der Waals surface area contributed by atoms with Crippen molar-refractivity contribution in [3.05, 3.63) is 47.1 Å². The van der Waals surface area contributed by atoms with E-state index in [-0.39, 0.29) is 0 Å². The monoisotopic (exact) mass is 241 g/mol. The fraction of sp³-hybridized carbons (Fsp3) is 0.471. The molecular weight excluding hydrogens is 218 g/mol. The molecule has 1 rings (SSSR count). The average Bonchev–Trinajstić information content (AvgIpc) is 2.37. The molecule has 0 N–H and O–H groups in total. The van der Waals surface area contributed by atoms with Gasteiger partial charge in [0, 0.05) is 0 Å². The number of hydrogen-bond donors (Lipinski definition) is 0. The molecule has 0 spiro atoms. The number of nitriles is 1. The maximum atomic E-state index is 9.31. The zero-order valence-electron chi connectivity index (χ0n) is 11.6. The lowest BCUT2D eigenvalue weighted by molar-refractivity contribution is 0.760. The van der Waals surface area contributed by atoms with Crippen molar-refractivity contribution in [1.29, 1.82) is 5.26 Å². The molecule has 0 atom stereocenters. The van der Waals surface area contributed by atoms with Crippen LogP contribution in [0.4, 0.5) is 0 Å². The van der Waals surface area contributed by atoms with E-state index in [1.807, 2.05) is 18.2 Å². The summed E-state index contributed by atoms with van der Waals surface area (Å²) in [7, 11) is 0. The van der Waals surface area contributed by atoms with Gasteiger partial charge in [0.1, 0.15) is 0 Å². The topological polar surface area (TPSA) is 23.8 Å². The number of rotatable bonds is 6. The van der Waals surface area contributed by atoms with Crippen LogP contribution in [0.3, 0.4) is 0 Å². The van der Waals surface area contributed by atoms with Crippen LogP contribution >= 0.6 is 0 Å². The van der Waals surface area contributed by atoms with Gasteiger partial charge in [0.05, 0.1) is 11.6 Å². The van der Waals surface area contributed by atoms with Crippen LogP contribution in [0.1, 0.15) is 52.4 Å². The van der Waals surface area contributed by atoms with E-state index in [0.717, 1.165) is 24.8 Å². The van der Waals surface area contributed by atoms with Crippen LogP contribution in [0.2, 0.25) is 0 Å². The van der Waals surface area contributed by atoms with Crippen molar-refractivity contribution in [3.63, 3.8) is 0 Å². The lowest BCUT2D eigenvalue weighted by Crippen LogP contribution is -1.96. The van der Waals surface area contributed by atoms with E-state index in [0.29, 0.717) is 0 Å². The molecule has 0 aromatic rings. The standard InChI is InChI=1S/C17H23N/c1-3-5-10-15-11-8-7-9-12-16(14-18)17(15)13-6-4-2/h7-9,11-12H,3-6,10,13H2,1-2H3/b8-7?,9-7-,11-8-,12-9?,15-11?,16-12-,17-15-,17-16?. The van der Waals surface area contributed by atoms with E-state index < -0.39 is 0 Å². The number of nitrogens with zero attached hydrogens (tertiary/aromatic N) is 1. The van der Waals surface area contributed by atoms with Crippen molar-refractivity contribution in [2.45, 2.75) is 52.4 Å². The molecule has 1 aliphatic carbocycles. The van der Waals surface area contributed by atoms with E-state index in [1.54, 1.807) is 0 Å². The van der Waals surface area contributed by atoms with E-state index in [1.165, 1.54) is 30.4 Å². The Kier molecular flexibility index (Phi) is 6.87. The molecule has 1 nitrogen and oxygen atoms in total. The molecule has 0 aliphatic heterocycles. The van der Waals surface area contributed by atoms with Crippen molar-refractivity contribution >= 4 is 0 Å². The van der Waals surface area contributed by atoms with Gasteiger partial charge >= 0.3 is 0 Å². The van der Waals surface area contributed by atoms with E-state index in [2.05, 4.69) is 32.1 Å². The molecule has 1 heteroatoms. The van der Waals surface area contributed by atoms with Crippen molar-refractivity contribution < 1.29 is 0 Å². The molecular formula is C17H23N. The van der Waals surface area contributed by atoms with Crippen LogP contribution in [0, 0.1) is 11.3 Å². The van der Waals surface area contributed by atoms with Crippen molar-refractivity contribution in [1.82, 2.24) is 0 Å². The van der Waals surface area contributed by atoms with Crippen molar-refractivity contribution in [2.24, 2.45) is 0 Å². The quantitative estimate of drug-likeness (QED) is 0.624. The minimum atomic E-state index is 0.843. The summed E-state index contributed by atoms with van der Waals surface area (Å²) in [4.78, 5) is 0. The Balaban J connectivity index is 3.05. The highest BCUT2D eigenvalue weighted by Crippen LogP contribution is 2.26. The maximum absolute atomic E-state index is 9.31. The molecule has 0 saturated heterocycles. The van der Waals surface area contributed by atoms with Crippen molar-refractivity contribution in [3.8, 4) is 6.07 Å². The molecule has 0 fully saturated rings. The first-order chi connectivity index (χ1) is 8.83. The Labute approximate surface area is 111 Å². The second kappa shape index (κ2) is 8.53. The molecule has 18 heavy (non-hydrogen) atoms. The van der Waals surface area contributed by atoms with Gasteiger partial charge in [-0.15, -0.1) is 0 Å². The summed E-state index contributed by atoms with van der Waals surface area (Å²) < 4.78 is 0. The van der Waals surface area contributed by atoms with Gasteiger partial charge in [-0.3, -0.25) is 0 Å². The van der Waals surface area contributed by atoms with Crippen LogP contribution < -0.4 is 0 Å². The van der Waals surface area contributed by atoms with Gasteiger partial charge in [0.25, 0.3) is 0 Å². The van der Waals surface area contributed by atoms with E-state index >= 15 is 0 Å². The van der Waals surface area contributed by atoms with Crippen LogP contribution in [0.15, 0.2) is 47.1 Å². The molecule has 0 amide bonds. The first-order valence-corrected chi connectivity index (χ1v) is 7.01. The predicted octanol–water partition coefficient (Wildman–Crippen LogP) is 5.24. The van der Waals surface area contributed by atoms with E-state index in [9.17, 15) is 5.26 Å². The average molecular weight is 241 g/mol. The zero-order chi connectivity index (χ0) is 13.2. The second-order valence-electron chi connectivity index (χ2n) is 4.65. The second-order valence-corrected chi connectivity index (χ2v) is 4.65. The minimum absolute atomic E-state index is 0.843. The van der Waals surface area contributed by atoms with Crippen LogP contribution in [0.25, 0.3) is 0 Å². The summed E-state index contributed by atoms with van der Waals surface area (Å²) in [5.41, 5.74) is 3.45.